The van der Waals surface area contributed by atoms with Gasteiger partial charge in [0.2, 0.25) is 5.91 Å². The summed E-state index contributed by atoms with van der Waals surface area (Å²) in [6, 6.07) is 12.3. The Hall–Kier alpha value is -2.37. The molecule has 0 aliphatic rings. The van der Waals surface area contributed by atoms with Crippen LogP contribution in [0, 0.1) is 0 Å². The maximum atomic E-state index is 12.7. The van der Waals surface area contributed by atoms with Crippen molar-refractivity contribution in [2.75, 3.05) is 11.4 Å². The highest BCUT2D eigenvalue weighted by Crippen LogP contribution is 2.24. The summed E-state index contributed by atoms with van der Waals surface area (Å²) in [7, 11) is 0. The van der Waals surface area contributed by atoms with Gasteiger partial charge in [0.1, 0.15) is 6.54 Å². The molecule has 2 aromatic carbocycles. The van der Waals surface area contributed by atoms with E-state index in [0.29, 0.717) is 22.1 Å². The Morgan fingerprint density at radius 1 is 1.20 bits per heavy atom. The van der Waals surface area contributed by atoms with Crippen molar-refractivity contribution in [3.05, 3.63) is 69.2 Å². The van der Waals surface area contributed by atoms with E-state index >= 15 is 0 Å². The van der Waals surface area contributed by atoms with Gasteiger partial charge in [0, 0.05) is 17.3 Å². The molecule has 0 bridgehead atoms. The zero-order valence-corrected chi connectivity index (χ0v) is 15.0. The van der Waals surface area contributed by atoms with Gasteiger partial charge in [-0.1, -0.05) is 41.4 Å². The van der Waals surface area contributed by atoms with Crippen molar-refractivity contribution in [3.8, 4) is 0 Å². The summed E-state index contributed by atoms with van der Waals surface area (Å²) in [5.41, 5.74) is 0.796. The second kappa shape index (κ2) is 7.25. The quantitative estimate of drug-likeness (QED) is 0.697. The minimum Gasteiger partial charge on any atom is -0.311 e. The molecule has 128 valence electrons. The number of nitrogens with zero attached hydrogens (tertiary/aromatic N) is 3. The molecule has 1 heterocycles. The van der Waals surface area contributed by atoms with E-state index in [4.69, 9.17) is 23.2 Å². The zero-order chi connectivity index (χ0) is 18.0. The second-order valence-electron chi connectivity index (χ2n) is 5.43. The average Bonchev–Trinajstić information content (AvgIpc) is 2.59. The molecule has 5 nitrogen and oxygen atoms in total. The van der Waals surface area contributed by atoms with Crippen LogP contribution in [0.25, 0.3) is 10.9 Å². The van der Waals surface area contributed by atoms with Crippen molar-refractivity contribution in [2.24, 2.45) is 0 Å². The van der Waals surface area contributed by atoms with E-state index in [2.05, 4.69) is 4.98 Å². The van der Waals surface area contributed by atoms with Crippen molar-refractivity contribution in [2.45, 2.75) is 13.5 Å². The first-order valence-electron chi connectivity index (χ1n) is 7.71. The number of carbonyl (C=O) groups excluding carboxylic acids is 1. The molecule has 0 saturated heterocycles. The Labute approximate surface area is 154 Å². The first-order valence-corrected chi connectivity index (χ1v) is 8.46. The Bertz CT molecular complexity index is 987. The second-order valence-corrected chi connectivity index (χ2v) is 6.28. The van der Waals surface area contributed by atoms with Crippen LogP contribution in [0.5, 0.6) is 0 Å². The Balaban J connectivity index is 1.96. The van der Waals surface area contributed by atoms with Crippen LogP contribution in [0.15, 0.2) is 53.6 Å². The van der Waals surface area contributed by atoms with E-state index in [1.807, 2.05) is 37.3 Å². The van der Waals surface area contributed by atoms with Crippen molar-refractivity contribution in [1.29, 1.82) is 0 Å². The number of para-hydroxylation sites is 1. The maximum absolute atomic E-state index is 12.7. The lowest BCUT2D eigenvalue weighted by molar-refractivity contribution is -0.119. The van der Waals surface area contributed by atoms with Crippen LogP contribution in [-0.4, -0.2) is 22.0 Å². The summed E-state index contributed by atoms with van der Waals surface area (Å²) in [6.45, 7) is 2.26. The molecular formula is C18H15Cl2N3O2. The lowest BCUT2D eigenvalue weighted by Crippen LogP contribution is -2.36. The molecule has 0 saturated carbocycles. The van der Waals surface area contributed by atoms with Gasteiger partial charge >= 0.3 is 0 Å². The Morgan fingerprint density at radius 2 is 1.92 bits per heavy atom. The molecule has 0 fully saturated rings. The van der Waals surface area contributed by atoms with Crippen molar-refractivity contribution in [1.82, 2.24) is 9.55 Å². The summed E-state index contributed by atoms with van der Waals surface area (Å²) >= 11 is 12.0. The molecule has 0 radical (unpaired) electrons. The molecular weight excluding hydrogens is 361 g/mol. The SMILES string of the molecule is CCN(C(=O)Cn1cnc2c(Cl)cc(Cl)cc2c1=O)c1ccccc1. The molecule has 7 heteroatoms. The number of fused-ring (bicyclic) bond motifs is 1. The Morgan fingerprint density at radius 3 is 2.60 bits per heavy atom. The number of rotatable bonds is 4. The normalized spacial score (nSPS) is 10.8. The molecule has 0 aliphatic carbocycles. The molecule has 3 aromatic rings. The van der Waals surface area contributed by atoms with Gasteiger partial charge in [0.25, 0.3) is 5.56 Å². The predicted molar refractivity (Wildman–Crippen MR) is 100 cm³/mol. The minimum atomic E-state index is -0.355. The number of hydrogen-bond donors (Lipinski definition) is 0. The van der Waals surface area contributed by atoms with E-state index in [-0.39, 0.29) is 23.4 Å². The third-order valence-electron chi connectivity index (χ3n) is 3.84. The van der Waals surface area contributed by atoms with E-state index in [1.165, 1.54) is 23.0 Å². The number of hydrogen-bond acceptors (Lipinski definition) is 3. The number of carbonyl (C=O) groups is 1. The highest BCUT2D eigenvalue weighted by molar-refractivity contribution is 6.38. The van der Waals surface area contributed by atoms with Crippen LogP contribution in [0.4, 0.5) is 5.69 Å². The Kier molecular flexibility index (Phi) is 5.06. The first kappa shape index (κ1) is 17.5. The van der Waals surface area contributed by atoms with Crippen LogP contribution >= 0.6 is 23.2 Å². The van der Waals surface area contributed by atoms with E-state index in [0.717, 1.165) is 5.69 Å². The lowest BCUT2D eigenvalue weighted by atomic mass is 10.2. The largest absolute Gasteiger partial charge is 0.311 e. The van der Waals surface area contributed by atoms with Crippen molar-refractivity contribution < 1.29 is 4.79 Å². The zero-order valence-electron chi connectivity index (χ0n) is 13.4. The van der Waals surface area contributed by atoms with Crippen LogP contribution < -0.4 is 10.5 Å². The average molecular weight is 376 g/mol. The molecule has 0 aliphatic heterocycles. The van der Waals surface area contributed by atoms with Gasteiger partial charge in [0.15, 0.2) is 0 Å². The number of aromatic nitrogens is 2. The molecule has 0 N–H and O–H groups in total. The monoisotopic (exact) mass is 375 g/mol. The maximum Gasteiger partial charge on any atom is 0.261 e. The summed E-state index contributed by atoms with van der Waals surface area (Å²) in [6.07, 6.45) is 1.33. The van der Waals surface area contributed by atoms with E-state index in [1.54, 1.807) is 4.90 Å². The number of halogens is 2. The highest BCUT2D eigenvalue weighted by Gasteiger charge is 2.16. The first-order chi connectivity index (χ1) is 12.0. The topological polar surface area (TPSA) is 55.2 Å². The van der Waals surface area contributed by atoms with Gasteiger partial charge < -0.3 is 4.90 Å². The van der Waals surface area contributed by atoms with Gasteiger partial charge in [-0.15, -0.1) is 0 Å². The van der Waals surface area contributed by atoms with Crippen LogP contribution in [0.2, 0.25) is 10.0 Å². The fraction of sp³-hybridized carbons (Fsp3) is 0.167. The highest BCUT2D eigenvalue weighted by atomic mass is 35.5. The summed E-state index contributed by atoms with van der Waals surface area (Å²) in [5, 5.41) is 0.938. The van der Waals surface area contributed by atoms with E-state index in [9.17, 15) is 9.59 Å². The summed E-state index contributed by atoms with van der Waals surface area (Å²) in [5.74, 6) is -0.204. The van der Waals surface area contributed by atoms with Crippen molar-refractivity contribution in [3.63, 3.8) is 0 Å². The molecule has 3 rings (SSSR count). The van der Waals surface area contributed by atoms with Crippen LogP contribution in [0.3, 0.4) is 0 Å². The molecule has 1 amide bonds. The summed E-state index contributed by atoms with van der Waals surface area (Å²) < 4.78 is 1.27. The number of likely N-dealkylation sites (N-methyl/N-ethyl adjacent to an activating group) is 1. The van der Waals surface area contributed by atoms with E-state index < -0.39 is 0 Å². The molecule has 0 unspecified atom stereocenters. The fourth-order valence-corrected chi connectivity index (χ4v) is 3.19. The van der Waals surface area contributed by atoms with Gasteiger partial charge in [-0.05, 0) is 31.2 Å². The smallest absolute Gasteiger partial charge is 0.261 e. The van der Waals surface area contributed by atoms with Gasteiger partial charge in [-0.25, -0.2) is 4.98 Å². The third kappa shape index (κ3) is 3.52. The standard InChI is InChI=1S/C18H15Cl2N3O2/c1-2-23(13-6-4-3-5-7-13)16(24)10-22-11-21-17-14(18(22)25)8-12(19)9-15(17)20/h3-9,11H,2,10H2,1H3. The molecule has 1 aromatic heterocycles. The van der Waals surface area contributed by atoms with Gasteiger partial charge in [-0.2, -0.15) is 0 Å². The number of benzene rings is 2. The molecule has 25 heavy (non-hydrogen) atoms. The third-order valence-corrected chi connectivity index (χ3v) is 4.34. The van der Waals surface area contributed by atoms with Gasteiger partial charge in [-0.3, -0.25) is 14.2 Å². The van der Waals surface area contributed by atoms with Crippen molar-refractivity contribution >= 4 is 45.7 Å². The molecule has 0 atom stereocenters. The minimum absolute atomic E-state index is 0.116. The fourth-order valence-electron chi connectivity index (χ4n) is 2.65. The predicted octanol–water partition coefficient (Wildman–Crippen LogP) is 3.76. The van der Waals surface area contributed by atoms with Crippen LogP contribution in [-0.2, 0) is 11.3 Å². The molecule has 0 spiro atoms. The number of amides is 1. The van der Waals surface area contributed by atoms with Crippen LogP contribution in [0.1, 0.15) is 6.92 Å². The summed E-state index contributed by atoms with van der Waals surface area (Å²) in [4.78, 5) is 31.1. The van der Waals surface area contributed by atoms with Gasteiger partial charge in [0.05, 0.1) is 22.3 Å². The number of anilines is 1. The lowest BCUT2D eigenvalue weighted by Gasteiger charge is -2.21.